The van der Waals surface area contributed by atoms with E-state index in [1.54, 1.807) is 18.2 Å². The SMILES string of the molecule is COc1cccc(Nc2ccc(Br)c(C(F)(F)F)c2)c1N. The summed E-state index contributed by atoms with van der Waals surface area (Å²) in [5, 5.41) is 2.86. The molecule has 0 aromatic heterocycles. The van der Waals surface area contributed by atoms with Crippen LogP contribution in [-0.4, -0.2) is 7.11 Å². The van der Waals surface area contributed by atoms with Crippen LogP contribution in [-0.2, 0) is 6.18 Å². The van der Waals surface area contributed by atoms with Crippen molar-refractivity contribution in [2.75, 3.05) is 18.2 Å². The number of halogens is 4. The number of benzene rings is 2. The van der Waals surface area contributed by atoms with Gasteiger partial charge in [-0.2, -0.15) is 13.2 Å². The zero-order chi connectivity index (χ0) is 15.6. The highest BCUT2D eigenvalue weighted by Crippen LogP contribution is 2.38. The summed E-state index contributed by atoms with van der Waals surface area (Å²) >= 11 is 2.90. The van der Waals surface area contributed by atoms with E-state index in [9.17, 15) is 13.2 Å². The minimum absolute atomic E-state index is 0.0147. The van der Waals surface area contributed by atoms with Crippen LogP contribution < -0.4 is 15.8 Å². The highest BCUT2D eigenvalue weighted by atomic mass is 79.9. The molecule has 0 aliphatic heterocycles. The van der Waals surface area contributed by atoms with Gasteiger partial charge in [0.1, 0.15) is 5.75 Å². The van der Waals surface area contributed by atoms with Gasteiger partial charge in [-0.05, 0) is 30.3 Å². The number of ether oxygens (including phenoxy) is 1. The van der Waals surface area contributed by atoms with E-state index in [1.165, 1.54) is 19.2 Å². The second kappa shape index (κ2) is 5.85. The first-order valence-corrected chi connectivity index (χ1v) is 6.68. The van der Waals surface area contributed by atoms with E-state index in [2.05, 4.69) is 21.2 Å². The molecule has 0 saturated carbocycles. The van der Waals surface area contributed by atoms with Crippen molar-refractivity contribution in [1.82, 2.24) is 0 Å². The molecule has 0 aliphatic rings. The summed E-state index contributed by atoms with van der Waals surface area (Å²) in [6.07, 6.45) is -4.43. The predicted octanol–water partition coefficient (Wildman–Crippen LogP) is 4.80. The number of nitrogens with two attached hydrogens (primary N) is 1. The maximum absolute atomic E-state index is 12.9. The minimum atomic E-state index is -4.43. The molecule has 0 amide bonds. The van der Waals surface area contributed by atoms with Gasteiger partial charge in [-0.3, -0.25) is 0 Å². The van der Waals surface area contributed by atoms with Gasteiger partial charge in [-0.15, -0.1) is 0 Å². The van der Waals surface area contributed by atoms with Crippen molar-refractivity contribution in [3.05, 3.63) is 46.4 Å². The second-order valence-electron chi connectivity index (χ2n) is 4.24. The lowest BCUT2D eigenvalue weighted by Gasteiger charge is -2.15. The molecule has 0 fully saturated rings. The number of para-hydroxylation sites is 1. The first kappa shape index (κ1) is 15.5. The fraction of sp³-hybridized carbons (Fsp3) is 0.143. The Kier molecular flexibility index (Phi) is 4.32. The largest absolute Gasteiger partial charge is 0.495 e. The molecule has 2 rings (SSSR count). The second-order valence-corrected chi connectivity index (χ2v) is 5.09. The van der Waals surface area contributed by atoms with Gasteiger partial charge < -0.3 is 15.8 Å². The van der Waals surface area contributed by atoms with Gasteiger partial charge in [0.15, 0.2) is 0 Å². The van der Waals surface area contributed by atoms with Gasteiger partial charge in [0.2, 0.25) is 0 Å². The molecule has 0 unspecified atom stereocenters. The summed E-state index contributed by atoms with van der Waals surface area (Å²) in [5.74, 6) is 0.452. The molecular formula is C14H12BrF3N2O. The highest BCUT2D eigenvalue weighted by Gasteiger charge is 2.33. The van der Waals surface area contributed by atoms with E-state index < -0.39 is 11.7 Å². The Balaban J connectivity index is 2.37. The van der Waals surface area contributed by atoms with Gasteiger partial charge >= 0.3 is 6.18 Å². The molecule has 2 aromatic rings. The molecule has 0 saturated heterocycles. The normalized spacial score (nSPS) is 11.3. The van der Waals surface area contributed by atoms with Gasteiger partial charge in [0, 0.05) is 10.2 Å². The zero-order valence-electron chi connectivity index (χ0n) is 11.0. The molecule has 112 valence electrons. The Morgan fingerprint density at radius 3 is 2.52 bits per heavy atom. The van der Waals surface area contributed by atoms with Gasteiger partial charge in [0.25, 0.3) is 0 Å². The maximum Gasteiger partial charge on any atom is 0.417 e. The van der Waals surface area contributed by atoms with E-state index in [-0.39, 0.29) is 10.2 Å². The van der Waals surface area contributed by atoms with Crippen LogP contribution in [0.2, 0.25) is 0 Å². The van der Waals surface area contributed by atoms with Crippen molar-refractivity contribution in [2.45, 2.75) is 6.18 Å². The third-order valence-electron chi connectivity index (χ3n) is 2.84. The van der Waals surface area contributed by atoms with Crippen LogP contribution in [0.5, 0.6) is 5.75 Å². The van der Waals surface area contributed by atoms with Crippen molar-refractivity contribution < 1.29 is 17.9 Å². The Morgan fingerprint density at radius 1 is 1.19 bits per heavy atom. The number of nitrogens with one attached hydrogen (secondary N) is 1. The van der Waals surface area contributed by atoms with Crippen LogP contribution in [0.25, 0.3) is 0 Å². The minimum Gasteiger partial charge on any atom is -0.495 e. The number of methoxy groups -OCH3 is 1. The first-order chi connectivity index (χ1) is 9.82. The van der Waals surface area contributed by atoms with Gasteiger partial charge in [-0.25, -0.2) is 0 Å². The third kappa shape index (κ3) is 3.41. The quantitative estimate of drug-likeness (QED) is 0.772. The van der Waals surface area contributed by atoms with E-state index in [1.807, 2.05) is 0 Å². The lowest BCUT2D eigenvalue weighted by Crippen LogP contribution is -2.07. The standard InChI is InChI=1S/C14H12BrF3N2O/c1-21-12-4-2-3-11(13(12)19)20-8-5-6-10(15)9(7-8)14(16,17)18/h2-7,20H,19H2,1H3. The maximum atomic E-state index is 12.9. The molecule has 21 heavy (non-hydrogen) atoms. The summed E-state index contributed by atoms with van der Waals surface area (Å²) in [7, 11) is 1.47. The van der Waals surface area contributed by atoms with Crippen LogP contribution in [0.1, 0.15) is 5.56 Å². The summed E-state index contributed by atoms with van der Waals surface area (Å²) < 4.78 is 43.6. The molecule has 0 bridgehead atoms. The lowest BCUT2D eigenvalue weighted by atomic mass is 10.1. The van der Waals surface area contributed by atoms with Crippen LogP contribution in [0.4, 0.5) is 30.2 Å². The fourth-order valence-corrected chi connectivity index (χ4v) is 2.28. The Bertz CT molecular complexity index is 659. The molecule has 3 nitrogen and oxygen atoms in total. The van der Waals surface area contributed by atoms with Crippen LogP contribution in [0.15, 0.2) is 40.9 Å². The number of rotatable bonds is 3. The Labute approximate surface area is 128 Å². The highest BCUT2D eigenvalue weighted by molar-refractivity contribution is 9.10. The van der Waals surface area contributed by atoms with Crippen LogP contribution >= 0.6 is 15.9 Å². The van der Waals surface area contributed by atoms with Gasteiger partial charge in [0.05, 0.1) is 24.0 Å². The summed E-state index contributed by atoms with van der Waals surface area (Å²) in [6.45, 7) is 0. The Morgan fingerprint density at radius 2 is 1.90 bits per heavy atom. The van der Waals surface area contributed by atoms with Gasteiger partial charge in [-0.1, -0.05) is 22.0 Å². The molecular weight excluding hydrogens is 349 g/mol. The van der Waals surface area contributed by atoms with E-state index >= 15 is 0 Å². The monoisotopic (exact) mass is 360 g/mol. The zero-order valence-corrected chi connectivity index (χ0v) is 12.5. The van der Waals surface area contributed by atoms with Crippen molar-refractivity contribution in [3.8, 4) is 5.75 Å². The molecule has 0 spiro atoms. The van der Waals surface area contributed by atoms with Crippen LogP contribution in [0.3, 0.4) is 0 Å². The van der Waals surface area contributed by atoms with Crippen LogP contribution in [0, 0.1) is 0 Å². The van der Waals surface area contributed by atoms with Crippen molar-refractivity contribution in [2.24, 2.45) is 0 Å². The lowest BCUT2D eigenvalue weighted by molar-refractivity contribution is -0.138. The summed E-state index contributed by atoms with van der Waals surface area (Å²) in [5.41, 5.74) is 6.21. The molecule has 3 N–H and O–H groups in total. The molecule has 0 heterocycles. The van der Waals surface area contributed by atoms with Crippen molar-refractivity contribution >= 4 is 33.0 Å². The summed E-state index contributed by atoms with van der Waals surface area (Å²) in [4.78, 5) is 0. The molecule has 0 aliphatic carbocycles. The van der Waals surface area contributed by atoms with Crippen molar-refractivity contribution in [1.29, 1.82) is 0 Å². The number of nitrogen functional groups attached to an aromatic ring is 1. The number of alkyl halides is 3. The number of hydrogen-bond acceptors (Lipinski definition) is 3. The van der Waals surface area contributed by atoms with Crippen molar-refractivity contribution in [3.63, 3.8) is 0 Å². The smallest absolute Gasteiger partial charge is 0.417 e. The first-order valence-electron chi connectivity index (χ1n) is 5.89. The number of hydrogen-bond donors (Lipinski definition) is 2. The number of anilines is 3. The Hall–Kier alpha value is -1.89. The average Bonchev–Trinajstić information content (AvgIpc) is 2.42. The third-order valence-corrected chi connectivity index (χ3v) is 3.53. The topological polar surface area (TPSA) is 47.3 Å². The summed E-state index contributed by atoms with van der Waals surface area (Å²) in [6, 6.07) is 8.90. The fourth-order valence-electron chi connectivity index (χ4n) is 1.81. The average molecular weight is 361 g/mol. The molecule has 0 atom stereocenters. The molecule has 7 heteroatoms. The van der Waals surface area contributed by atoms with E-state index in [4.69, 9.17) is 10.5 Å². The van der Waals surface area contributed by atoms with E-state index in [0.717, 1.165) is 6.07 Å². The molecule has 0 radical (unpaired) electrons. The predicted molar refractivity (Wildman–Crippen MR) is 79.8 cm³/mol. The van der Waals surface area contributed by atoms with E-state index in [0.29, 0.717) is 17.1 Å². The molecule has 2 aromatic carbocycles.